The van der Waals surface area contributed by atoms with Gasteiger partial charge in [0.15, 0.2) is 17.7 Å². The summed E-state index contributed by atoms with van der Waals surface area (Å²) in [5, 5.41) is 0. The van der Waals surface area contributed by atoms with E-state index < -0.39 is 0 Å². The molecule has 140 valence electrons. The number of hydrogen-bond donors (Lipinski definition) is 0. The minimum Gasteiger partial charge on any atom is -0.483 e. The number of amides is 1. The van der Waals surface area contributed by atoms with E-state index in [0.717, 1.165) is 31.2 Å². The monoisotopic (exact) mass is 366 g/mol. The van der Waals surface area contributed by atoms with Crippen LogP contribution in [0.3, 0.4) is 0 Å². The fourth-order valence-electron chi connectivity index (χ4n) is 4.53. The Morgan fingerprint density at radius 2 is 1.96 bits per heavy atom. The molecule has 3 aliphatic rings. The van der Waals surface area contributed by atoms with Gasteiger partial charge < -0.3 is 18.9 Å². The standard InChI is InChI=1S/C21H22N2O4/c24-17-9-10-22-12-18-23(15-7-4-8-16(11-15)27-18)21(25)19(22)20(17)26-13-14-5-2-1-3-6-14/h1-3,5-6,9-10,15-16,18H,4,7-8,11-13H2. The quantitative estimate of drug-likeness (QED) is 0.838. The fourth-order valence-corrected chi connectivity index (χ4v) is 4.53. The topological polar surface area (TPSA) is 60.8 Å². The molecule has 2 aromatic rings. The molecule has 2 aliphatic heterocycles. The van der Waals surface area contributed by atoms with Crippen LogP contribution in [0.25, 0.3) is 0 Å². The number of ether oxygens (including phenoxy) is 2. The lowest BCUT2D eigenvalue weighted by atomic mass is 9.89. The Morgan fingerprint density at radius 1 is 1.11 bits per heavy atom. The first-order chi connectivity index (χ1) is 13.2. The second-order valence-electron chi connectivity index (χ2n) is 7.53. The molecule has 1 saturated heterocycles. The van der Waals surface area contributed by atoms with Crippen molar-refractivity contribution in [3.63, 3.8) is 0 Å². The predicted octanol–water partition coefficient (Wildman–Crippen LogP) is 2.55. The molecule has 0 spiro atoms. The predicted molar refractivity (Wildman–Crippen MR) is 98.6 cm³/mol. The van der Waals surface area contributed by atoms with Crippen LogP contribution in [0.4, 0.5) is 0 Å². The van der Waals surface area contributed by atoms with Crippen LogP contribution < -0.4 is 10.2 Å². The van der Waals surface area contributed by atoms with Crippen LogP contribution in [0.5, 0.6) is 5.75 Å². The molecule has 27 heavy (non-hydrogen) atoms. The highest BCUT2D eigenvalue weighted by molar-refractivity contribution is 5.96. The fraction of sp³-hybridized carbons (Fsp3) is 0.429. The summed E-state index contributed by atoms with van der Waals surface area (Å²) < 4.78 is 13.8. The Bertz CT molecular complexity index is 924. The minimum absolute atomic E-state index is 0.141. The third-order valence-electron chi connectivity index (χ3n) is 5.80. The van der Waals surface area contributed by atoms with E-state index in [4.69, 9.17) is 9.47 Å². The summed E-state index contributed by atoms with van der Waals surface area (Å²) in [5.41, 5.74) is 1.04. The van der Waals surface area contributed by atoms with Crippen molar-refractivity contribution >= 4 is 5.91 Å². The zero-order valence-electron chi connectivity index (χ0n) is 15.0. The van der Waals surface area contributed by atoms with E-state index in [1.165, 1.54) is 6.07 Å². The van der Waals surface area contributed by atoms with Gasteiger partial charge in [-0.2, -0.15) is 0 Å². The molecule has 3 unspecified atom stereocenters. The van der Waals surface area contributed by atoms with Crippen molar-refractivity contribution in [3.8, 4) is 5.75 Å². The molecule has 2 bridgehead atoms. The lowest BCUT2D eigenvalue weighted by molar-refractivity contribution is -0.170. The van der Waals surface area contributed by atoms with Gasteiger partial charge in [-0.15, -0.1) is 0 Å². The van der Waals surface area contributed by atoms with Crippen LogP contribution in [-0.2, 0) is 17.9 Å². The highest BCUT2D eigenvalue weighted by Crippen LogP contribution is 2.37. The first-order valence-electron chi connectivity index (χ1n) is 9.59. The lowest BCUT2D eigenvalue weighted by Gasteiger charge is -2.50. The molecule has 2 fully saturated rings. The third-order valence-corrected chi connectivity index (χ3v) is 5.80. The van der Waals surface area contributed by atoms with Crippen molar-refractivity contribution in [2.45, 2.75) is 57.2 Å². The first kappa shape index (κ1) is 16.6. The Morgan fingerprint density at radius 3 is 2.81 bits per heavy atom. The molecule has 6 heteroatoms. The average Bonchev–Trinajstić information content (AvgIpc) is 2.68. The zero-order valence-corrected chi connectivity index (χ0v) is 15.0. The van der Waals surface area contributed by atoms with Gasteiger partial charge in [-0.1, -0.05) is 30.3 Å². The number of carbonyl (C=O) groups excluding carboxylic acids is 1. The van der Waals surface area contributed by atoms with E-state index in [1.807, 2.05) is 39.8 Å². The van der Waals surface area contributed by atoms with Crippen LogP contribution in [0.2, 0.25) is 0 Å². The summed E-state index contributed by atoms with van der Waals surface area (Å²) in [6.45, 7) is 0.794. The Balaban J connectivity index is 1.50. The molecule has 3 atom stereocenters. The molecule has 6 nitrogen and oxygen atoms in total. The number of fused-ring (bicyclic) bond motifs is 5. The maximum atomic E-state index is 13.3. The Kier molecular flexibility index (Phi) is 4.01. The number of rotatable bonds is 3. The molecule has 3 heterocycles. The normalized spacial score (nSPS) is 26.3. The summed E-state index contributed by atoms with van der Waals surface area (Å²) in [7, 11) is 0. The Labute approximate surface area is 157 Å². The van der Waals surface area contributed by atoms with E-state index in [9.17, 15) is 9.59 Å². The first-order valence-corrected chi connectivity index (χ1v) is 9.59. The average molecular weight is 366 g/mol. The van der Waals surface area contributed by atoms with E-state index in [2.05, 4.69) is 0 Å². The number of pyridine rings is 1. The van der Waals surface area contributed by atoms with Crippen molar-refractivity contribution in [1.29, 1.82) is 0 Å². The molecule has 1 aromatic carbocycles. The number of nitrogens with zero attached hydrogens (tertiary/aromatic N) is 2. The van der Waals surface area contributed by atoms with Gasteiger partial charge in [0.25, 0.3) is 5.91 Å². The molecule has 5 rings (SSSR count). The number of carbonyl (C=O) groups is 1. The van der Waals surface area contributed by atoms with Gasteiger partial charge in [0.1, 0.15) is 6.61 Å². The summed E-state index contributed by atoms with van der Waals surface area (Å²) in [5.74, 6) is -0.0138. The summed E-state index contributed by atoms with van der Waals surface area (Å²) in [6.07, 6.45) is 5.70. The zero-order chi connectivity index (χ0) is 18.4. The molecular weight excluding hydrogens is 344 g/mol. The van der Waals surface area contributed by atoms with Crippen molar-refractivity contribution in [3.05, 3.63) is 64.1 Å². The molecule has 1 aromatic heterocycles. The van der Waals surface area contributed by atoms with Crippen LogP contribution in [0.1, 0.15) is 41.7 Å². The molecule has 1 saturated carbocycles. The van der Waals surface area contributed by atoms with E-state index >= 15 is 0 Å². The largest absolute Gasteiger partial charge is 0.483 e. The van der Waals surface area contributed by atoms with Gasteiger partial charge in [-0.05, 0) is 31.2 Å². The molecule has 0 radical (unpaired) electrons. The van der Waals surface area contributed by atoms with Crippen LogP contribution in [-0.4, -0.2) is 33.7 Å². The van der Waals surface area contributed by atoms with Crippen LogP contribution >= 0.6 is 0 Å². The lowest BCUT2D eigenvalue weighted by Crippen LogP contribution is -2.60. The number of hydrogen-bond acceptors (Lipinski definition) is 4. The van der Waals surface area contributed by atoms with Gasteiger partial charge in [0, 0.05) is 18.3 Å². The van der Waals surface area contributed by atoms with Crippen molar-refractivity contribution in [1.82, 2.24) is 9.47 Å². The maximum absolute atomic E-state index is 13.3. The minimum atomic E-state index is -0.261. The molecule has 1 aliphatic carbocycles. The number of benzene rings is 1. The number of aromatic nitrogens is 1. The van der Waals surface area contributed by atoms with Gasteiger partial charge in [0.05, 0.1) is 12.6 Å². The van der Waals surface area contributed by atoms with Crippen molar-refractivity contribution in [2.24, 2.45) is 0 Å². The third kappa shape index (κ3) is 2.84. The van der Waals surface area contributed by atoms with Gasteiger partial charge in [0.2, 0.25) is 5.43 Å². The molecule has 1 amide bonds. The second kappa shape index (κ2) is 6.53. The maximum Gasteiger partial charge on any atom is 0.276 e. The second-order valence-corrected chi connectivity index (χ2v) is 7.53. The van der Waals surface area contributed by atoms with E-state index in [1.54, 1.807) is 6.20 Å². The molecule has 0 N–H and O–H groups in total. The van der Waals surface area contributed by atoms with E-state index in [-0.39, 0.29) is 42.1 Å². The highest BCUT2D eigenvalue weighted by Gasteiger charge is 2.45. The molecular formula is C21H22N2O4. The van der Waals surface area contributed by atoms with Gasteiger partial charge in [-0.3, -0.25) is 9.59 Å². The smallest absolute Gasteiger partial charge is 0.276 e. The summed E-state index contributed by atoms with van der Waals surface area (Å²) in [4.78, 5) is 27.7. The van der Waals surface area contributed by atoms with Crippen molar-refractivity contribution < 1.29 is 14.3 Å². The van der Waals surface area contributed by atoms with Gasteiger partial charge in [-0.25, -0.2) is 0 Å². The van der Waals surface area contributed by atoms with Crippen molar-refractivity contribution in [2.75, 3.05) is 0 Å². The Hall–Kier alpha value is -2.60. The van der Waals surface area contributed by atoms with Crippen LogP contribution in [0, 0.1) is 0 Å². The van der Waals surface area contributed by atoms with E-state index in [0.29, 0.717) is 12.2 Å². The SMILES string of the molecule is O=C1c2c(OCc3ccccc3)c(=O)ccn2CC2OC3CCCC(C3)N12. The summed E-state index contributed by atoms with van der Waals surface area (Å²) >= 11 is 0. The van der Waals surface area contributed by atoms with Crippen LogP contribution in [0.15, 0.2) is 47.4 Å². The highest BCUT2D eigenvalue weighted by atomic mass is 16.5. The summed E-state index contributed by atoms with van der Waals surface area (Å²) in [6, 6.07) is 11.3. The van der Waals surface area contributed by atoms with Gasteiger partial charge >= 0.3 is 0 Å².